The molecule has 0 saturated carbocycles. The highest BCUT2D eigenvalue weighted by Gasteiger charge is 2.34. The average molecular weight is 561 g/mol. The average Bonchev–Trinajstić information content (AvgIpc) is 2.83. The van der Waals surface area contributed by atoms with Crippen molar-refractivity contribution in [1.82, 2.24) is 4.98 Å². The summed E-state index contributed by atoms with van der Waals surface area (Å²) in [5, 5.41) is 11.0. The molecular formula is C27H36N4O3S3. The van der Waals surface area contributed by atoms with E-state index >= 15 is 0 Å². The number of nitrogens with zero attached hydrogens (tertiary/aromatic N) is 4. The van der Waals surface area contributed by atoms with Crippen LogP contribution in [-0.4, -0.2) is 58.4 Å². The Morgan fingerprint density at radius 3 is 2.49 bits per heavy atom. The van der Waals surface area contributed by atoms with Crippen LogP contribution in [0.25, 0.3) is 0 Å². The molecule has 37 heavy (non-hydrogen) atoms. The Labute approximate surface area is 232 Å². The summed E-state index contributed by atoms with van der Waals surface area (Å²) in [7, 11) is -1.08. The molecule has 0 aliphatic carbocycles. The first-order valence-corrected chi connectivity index (χ1v) is 16.2. The summed E-state index contributed by atoms with van der Waals surface area (Å²) in [6.45, 7) is 10.4. The standard InChI is InChI=1S/C27H36N4O3S3/c1-18-15-30(16-19(2)34-18)25-24-17-33-27(3,4)13-22(24)23(14-28)26(29-25)36-12-11-20-7-9-21(10-8-20)31(35-5)37(6)32/h7-10,18-19H,11-13,15-17H2,1-6H3. The number of aryl methyl sites for hydroxylation is 1. The van der Waals surface area contributed by atoms with Crippen molar-refractivity contribution in [3.63, 3.8) is 0 Å². The second kappa shape index (κ2) is 12.0. The van der Waals surface area contributed by atoms with Gasteiger partial charge < -0.3 is 14.4 Å². The highest BCUT2D eigenvalue weighted by Crippen LogP contribution is 2.39. The van der Waals surface area contributed by atoms with Gasteiger partial charge in [0.1, 0.15) is 27.9 Å². The Balaban J connectivity index is 1.58. The molecule has 2 aliphatic rings. The van der Waals surface area contributed by atoms with Crippen LogP contribution in [0, 0.1) is 11.3 Å². The zero-order chi connectivity index (χ0) is 26.7. The van der Waals surface area contributed by atoms with Gasteiger partial charge in [-0.25, -0.2) is 12.9 Å². The molecule has 2 aromatic rings. The Bertz CT molecular complexity index is 1170. The van der Waals surface area contributed by atoms with Gasteiger partial charge in [0, 0.05) is 43.3 Å². The molecule has 3 atom stereocenters. The van der Waals surface area contributed by atoms with Gasteiger partial charge in [-0.15, -0.1) is 11.8 Å². The lowest BCUT2D eigenvalue weighted by atomic mass is 9.89. The number of morpholine rings is 1. The Morgan fingerprint density at radius 2 is 1.89 bits per heavy atom. The Morgan fingerprint density at radius 1 is 1.22 bits per heavy atom. The number of benzene rings is 1. The maximum Gasteiger partial charge on any atom is 0.135 e. The summed E-state index contributed by atoms with van der Waals surface area (Å²) in [6.07, 6.45) is 5.37. The van der Waals surface area contributed by atoms with Crippen molar-refractivity contribution in [3.05, 3.63) is 46.5 Å². The minimum Gasteiger partial charge on any atom is -0.372 e. The minimum atomic E-state index is -1.08. The summed E-state index contributed by atoms with van der Waals surface area (Å²) < 4.78 is 25.9. The van der Waals surface area contributed by atoms with Gasteiger partial charge in [-0.05, 0) is 69.3 Å². The fourth-order valence-corrected chi connectivity index (χ4v) is 7.55. The van der Waals surface area contributed by atoms with E-state index in [2.05, 4.69) is 50.8 Å². The van der Waals surface area contributed by atoms with Gasteiger partial charge in [-0.2, -0.15) is 5.26 Å². The lowest BCUT2D eigenvalue weighted by Gasteiger charge is -2.40. The van der Waals surface area contributed by atoms with Gasteiger partial charge in [0.15, 0.2) is 0 Å². The van der Waals surface area contributed by atoms with Gasteiger partial charge in [0.25, 0.3) is 0 Å². The maximum absolute atomic E-state index is 11.9. The molecule has 1 aromatic carbocycles. The second-order valence-electron chi connectivity index (χ2n) is 10.2. The molecule has 0 N–H and O–H groups in total. The summed E-state index contributed by atoms with van der Waals surface area (Å²) in [5.41, 5.74) is 4.61. The third-order valence-electron chi connectivity index (χ3n) is 6.57. The van der Waals surface area contributed by atoms with Crippen LogP contribution >= 0.6 is 23.7 Å². The van der Waals surface area contributed by atoms with E-state index in [4.69, 9.17) is 14.5 Å². The van der Waals surface area contributed by atoms with Crippen LogP contribution in [0.4, 0.5) is 11.5 Å². The molecule has 4 rings (SSSR count). The normalized spacial score (nSPS) is 21.7. The van der Waals surface area contributed by atoms with Crippen molar-refractivity contribution in [3.8, 4) is 6.07 Å². The summed E-state index contributed by atoms with van der Waals surface area (Å²) in [6, 6.07) is 10.7. The monoisotopic (exact) mass is 560 g/mol. The number of fused-ring (bicyclic) bond motifs is 1. The highest BCUT2D eigenvalue weighted by molar-refractivity contribution is 8.11. The predicted molar refractivity (Wildman–Crippen MR) is 155 cm³/mol. The second-order valence-corrected chi connectivity index (χ2v) is 13.5. The number of thioether (sulfide) groups is 1. The highest BCUT2D eigenvalue weighted by atomic mass is 32.2. The smallest absolute Gasteiger partial charge is 0.135 e. The number of pyridine rings is 1. The van der Waals surface area contributed by atoms with Crippen LogP contribution in [0.2, 0.25) is 0 Å². The van der Waals surface area contributed by atoms with E-state index in [1.807, 2.05) is 18.4 Å². The number of rotatable bonds is 8. The topological polar surface area (TPSA) is 78.7 Å². The van der Waals surface area contributed by atoms with E-state index in [-0.39, 0.29) is 17.8 Å². The zero-order valence-corrected chi connectivity index (χ0v) is 24.9. The van der Waals surface area contributed by atoms with Gasteiger partial charge in [0.05, 0.1) is 35.7 Å². The first kappa shape index (κ1) is 28.2. The molecule has 1 saturated heterocycles. The van der Waals surface area contributed by atoms with Crippen molar-refractivity contribution in [1.29, 1.82) is 5.26 Å². The molecule has 10 heteroatoms. The molecule has 2 aliphatic heterocycles. The summed E-state index contributed by atoms with van der Waals surface area (Å²) >= 11 is 3.09. The van der Waals surface area contributed by atoms with Crippen LogP contribution in [-0.2, 0) is 39.9 Å². The van der Waals surface area contributed by atoms with Crippen molar-refractivity contribution in [2.45, 2.75) is 70.0 Å². The predicted octanol–water partition coefficient (Wildman–Crippen LogP) is 5.13. The third kappa shape index (κ3) is 6.63. The molecule has 7 nitrogen and oxygen atoms in total. The van der Waals surface area contributed by atoms with Crippen LogP contribution in [0.5, 0.6) is 0 Å². The first-order valence-electron chi connectivity index (χ1n) is 12.5. The molecular weight excluding hydrogens is 525 g/mol. The zero-order valence-electron chi connectivity index (χ0n) is 22.4. The molecule has 0 spiro atoms. The summed E-state index contributed by atoms with van der Waals surface area (Å²) in [4.78, 5) is 7.39. The van der Waals surface area contributed by atoms with Gasteiger partial charge in [-0.1, -0.05) is 12.1 Å². The number of hydrogen-bond donors (Lipinski definition) is 0. The van der Waals surface area contributed by atoms with Crippen LogP contribution in [0.1, 0.15) is 49.9 Å². The van der Waals surface area contributed by atoms with E-state index in [9.17, 15) is 9.47 Å². The van der Waals surface area contributed by atoms with Crippen molar-refractivity contribution >= 4 is 46.2 Å². The van der Waals surface area contributed by atoms with E-state index in [1.54, 1.807) is 21.7 Å². The number of ether oxygens (including phenoxy) is 2. The summed E-state index contributed by atoms with van der Waals surface area (Å²) in [5.74, 6) is 1.74. The lowest BCUT2D eigenvalue weighted by Crippen LogP contribution is -2.47. The van der Waals surface area contributed by atoms with Crippen LogP contribution < -0.4 is 8.61 Å². The van der Waals surface area contributed by atoms with E-state index in [0.717, 1.165) is 52.9 Å². The van der Waals surface area contributed by atoms with Crippen molar-refractivity contribution < 1.29 is 13.7 Å². The molecule has 1 aromatic heterocycles. The Kier molecular flexibility index (Phi) is 9.13. The third-order valence-corrected chi connectivity index (χ3v) is 9.85. The molecule has 0 radical (unpaired) electrons. The van der Waals surface area contributed by atoms with Crippen molar-refractivity contribution in [2.75, 3.05) is 40.0 Å². The number of anilines is 2. The number of nitriles is 1. The van der Waals surface area contributed by atoms with E-state index < -0.39 is 11.0 Å². The van der Waals surface area contributed by atoms with E-state index in [1.165, 1.54) is 17.5 Å². The van der Waals surface area contributed by atoms with Gasteiger partial charge in [-0.3, -0.25) is 0 Å². The quantitative estimate of drug-likeness (QED) is 0.325. The molecule has 3 heterocycles. The van der Waals surface area contributed by atoms with Gasteiger partial charge in [0.2, 0.25) is 0 Å². The largest absolute Gasteiger partial charge is 0.372 e. The SMILES string of the molecule is CSN(c1ccc(CCSc2nc(N3CC(C)OC(C)C3)c3c(c2C#N)CC(C)(C)OC3)cc1)S(C)=O. The Hall–Kier alpha value is -1.77. The minimum absolute atomic E-state index is 0.115. The first-order chi connectivity index (χ1) is 17.6. The maximum atomic E-state index is 11.9. The molecule has 0 bridgehead atoms. The molecule has 1 fully saturated rings. The number of hydrogen-bond acceptors (Lipinski definition) is 8. The van der Waals surface area contributed by atoms with Crippen molar-refractivity contribution in [2.24, 2.45) is 0 Å². The lowest BCUT2D eigenvalue weighted by molar-refractivity contribution is -0.0407. The van der Waals surface area contributed by atoms with Gasteiger partial charge >= 0.3 is 0 Å². The van der Waals surface area contributed by atoms with E-state index in [0.29, 0.717) is 18.6 Å². The van der Waals surface area contributed by atoms with Crippen LogP contribution in [0.3, 0.4) is 0 Å². The molecule has 200 valence electrons. The molecule has 0 amide bonds. The fraction of sp³-hybridized carbons (Fsp3) is 0.556. The number of aromatic nitrogens is 1. The molecule has 3 unspecified atom stereocenters. The van der Waals surface area contributed by atoms with Crippen LogP contribution in [0.15, 0.2) is 29.3 Å². The fourth-order valence-electron chi connectivity index (χ4n) is 4.97.